The van der Waals surface area contributed by atoms with Gasteiger partial charge in [0.1, 0.15) is 5.75 Å². The smallest absolute Gasteiger partial charge is 0.124 e. The summed E-state index contributed by atoms with van der Waals surface area (Å²) in [5.41, 5.74) is 1.20. The van der Waals surface area contributed by atoms with Gasteiger partial charge in [-0.1, -0.05) is 24.9 Å². The van der Waals surface area contributed by atoms with Crippen molar-refractivity contribution in [2.24, 2.45) is 5.92 Å². The van der Waals surface area contributed by atoms with Crippen molar-refractivity contribution in [1.29, 1.82) is 0 Å². The number of benzene rings is 1. The molecule has 3 rings (SSSR count). The van der Waals surface area contributed by atoms with Crippen molar-refractivity contribution in [1.82, 2.24) is 5.32 Å². The first-order valence-electron chi connectivity index (χ1n) is 7.89. The van der Waals surface area contributed by atoms with Crippen molar-refractivity contribution >= 4 is 11.6 Å². The predicted octanol–water partition coefficient (Wildman–Crippen LogP) is 4.55. The Bertz CT molecular complexity index is 458. The number of ether oxygens (including phenoxy) is 1. The molecular formula is C17H24ClNO. The maximum Gasteiger partial charge on any atom is 0.124 e. The Morgan fingerprint density at radius 1 is 1.25 bits per heavy atom. The Balaban J connectivity index is 1.66. The molecule has 2 fully saturated rings. The van der Waals surface area contributed by atoms with Crippen LogP contribution in [0.1, 0.15) is 51.0 Å². The number of nitrogens with one attached hydrogen (secondary N) is 1. The second-order valence-electron chi connectivity index (χ2n) is 6.42. The first-order valence-corrected chi connectivity index (χ1v) is 8.27. The van der Waals surface area contributed by atoms with E-state index in [-0.39, 0.29) is 0 Å². The lowest BCUT2D eigenvalue weighted by atomic mass is 9.88. The molecule has 1 N–H and O–H groups in total. The van der Waals surface area contributed by atoms with Gasteiger partial charge in [-0.25, -0.2) is 0 Å². The molecule has 110 valence electrons. The lowest BCUT2D eigenvalue weighted by molar-refractivity contribution is 0.128. The fourth-order valence-electron chi connectivity index (χ4n) is 3.01. The molecule has 2 unspecified atom stereocenters. The molecule has 0 saturated heterocycles. The summed E-state index contributed by atoms with van der Waals surface area (Å²) in [5.74, 6) is 1.80. The Labute approximate surface area is 126 Å². The van der Waals surface area contributed by atoms with Crippen LogP contribution in [0.25, 0.3) is 0 Å². The third-order valence-corrected chi connectivity index (χ3v) is 4.60. The molecule has 2 nitrogen and oxygen atoms in total. The molecule has 0 radical (unpaired) electrons. The zero-order valence-electron chi connectivity index (χ0n) is 12.2. The number of rotatable bonds is 5. The quantitative estimate of drug-likeness (QED) is 0.860. The van der Waals surface area contributed by atoms with Gasteiger partial charge < -0.3 is 10.1 Å². The van der Waals surface area contributed by atoms with Crippen LogP contribution in [0.3, 0.4) is 0 Å². The summed E-state index contributed by atoms with van der Waals surface area (Å²) < 4.78 is 6.27. The summed E-state index contributed by atoms with van der Waals surface area (Å²) in [4.78, 5) is 0. The molecule has 0 bridgehead atoms. The summed E-state index contributed by atoms with van der Waals surface area (Å²) in [6, 6.07) is 6.71. The molecule has 2 saturated carbocycles. The van der Waals surface area contributed by atoms with Crippen molar-refractivity contribution in [2.75, 3.05) is 0 Å². The third kappa shape index (κ3) is 3.89. The fourth-order valence-corrected chi connectivity index (χ4v) is 3.20. The van der Waals surface area contributed by atoms with Crippen LogP contribution < -0.4 is 10.1 Å². The van der Waals surface area contributed by atoms with Gasteiger partial charge in [-0.05, 0) is 56.2 Å². The maximum atomic E-state index is 6.27. The number of hydrogen-bond donors (Lipinski definition) is 1. The van der Waals surface area contributed by atoms with Crippen molar-refractivity contribution in [2.45, 2.75) is 64.1 Å². The van der Waals surface area contributed by atoms with Crippen LogP contribution >= 0.6 is 11.6 Å². The summed E-state index contributed by atoms with van der Waals surface area (Å²) >= 11 is 6.13. The molecule has 2 aliphatic carbocycles. The SMILES string of the molecule is CC1CCCC(Oc2ccc(Cl)cc2CNC2CC2)C1. The minimum absolute atomic E-state index is 0.375. The van der Waals surface area contributed by atoms with Crippen molar-refractivity contribution in [3.63, 3.8) is 0 Å². The summed E-state index contributed by atoms with van der Waals surface area (Å²) in [7, 11) is 0. The molecule has 0 spiro atoms. The molecule has 3 heteroatoms. The second-order valence-corrected chi connectivity index (χ2v) is 6.86. The normalized spacial score (nSPS) is 26.5. The molecule has 1 aromatic carbocycles. The largest absolute Gasteiger partial charge is 0.490 e. The molecule has 2 aliphatic rings. The van der Waals surface area contributed by atoms with E-state index in [1.807, 2.05) is 18.2 Å². The zero-order chi connectivity index (χ0) is 13.9. The third-order valence-electron chi connectivity index (χ3n) is 4.36. The summed E-state index contributed by atoms with van der Waals surface area (Å²) in [6.07, 6.45) is 7.97. The monoisotopic (exact) mass is 293 g/mol. The Kier molecular flexibility index (Phi) is 4.52. The molecule has 2 atom stereocenters. The van der Waals surface area contributed by atoms with Crippen LogP contribution in [0, 0.1) is 5.92 Å². The second kappa shape index (κ2) is 6.36. The molecule has 0 aliphatic heterocycles. The van der Waals surface area contributed by atoms with Gasteiger partial charge in [0.2, 0.25) is 0 Å². The van der Waals surface area contributed by atoms with Crippen LogP contribution in [0.5, 0.6) is 5.75 Å². The van der Waals surface area contributed by atoms with E-state index in [1.54, 1.807) is 0 Å². The Morgan fingerprint density at radius 3 is 2.85 bits per heavy atom. The highest BCUT2D eigenvalue weighted by Crippen LogP contribution is 2.31. The van der Waals surface area contributed by atoms with Crippen molar-refractivity contribution < 1.29 is 4.74 Å². The molecule has 20 heavy (non-hydrogen) atoms. The van der Waals surface area contributed by atoms with E-state index in [4.69, 9.17) is 16.3 Å². The van der Waals surface area contributed by atoms with Crippen molar-refractivity contribution in [3.8, 4) is 5.75 Å². The lowest BCUT2D eigenvalue weighted by Gasteiger charge is -2.28. The van der Waals surface area contributed by atoms with E-state index < -0.39 is 0 Å². The van der Waals surface area contributed by atoms with Crippen LogP contribution in [-0.4, -0.2) is 12.1 Å². The molecule has 0 heterocycles. The van der Waals surface area contributed by atoms with Gasteiger partial charge in [-0.2, -0.15) is 0 Å². The van der Waals surface area contributed by atoms with Gasteiger partial charge in [0.15, 0.2) is 0 Å². The van der Waals surface area contributed by atoms with Gasteiger partial charge in [-0.15, -0.1) is 0 Å². The predicted molar refractivity (Wildman–Crippen MR) is 83.4 cm³/mol. The molecule has 1 aromatic rings. The van der Waals surface area contributed by atoms with Crippen LogP contribution in [-0.2, 0) is 6.54 Å². The minimum Gasteiger partial charge on any atom is -0.490 e. The minimum atomic E-state index is 0.375. The summed E-state index contributed by atoms with van der Waals surface area (Å²) in [6.45, 7) is 3.19. The van der Waals surface area contributed by atoms with Crippen LogP contribution in [0.2, 0.25) is 5.02 Å². The van der Waals surface area contributed by atoms with Gasteiger partial charge in [0, 0.05) is 23.2 Å². The summed E-state index contributed by atoms with van der Waals surface area (Å²) in [5, 5.41) is 4.34. The lowest BCUT2D eigenvalue weighted by Crippen LogP contribution is -2.25. The molecular weight excluding hydrogens is 270 g/mol. The van der Waals surface area contributed by atoms with E-state index in [1.165, 1.54) is 44.1 Å². The molecule has 0 amide bonds. The van der Waals surface area contributed by atoms with E-state index in [9.17, 15) is 0 Å². The van der Waals surface area contributed by atoms with Crippen molar-refractivity contribution in [3.05, 3.63) is 28.8 Å². The van der Waals surface area contributed by atoms with Gasteiger partial charge in [0.25, 0.3) is 0 Å². The first kappa shape index (κ1) is 14.2. The van der Waals surface area contributed by atoms with E-state index in [0.717, 1.165) is 23.2 Å². The Morgan fingerprint density at radius 2 is 2.10 bits per heavy atom. The fraction of sp³-hybridized carbons (Fsp3) is 0.647. The van der Waals surface area contributed by atoms with Crippen LogP contribution in [0.4, 0.5) is 0 Å². The highest BCUT2D eigenvalue weighted by atomic mass is 35.5. The maximum absolute atomic E-state index is 6.27. The van der Waals surface area contributed by atoms with Gasteiger partial charge in [0.05, 0.1) is 6.10 Å². The van der Waals surface area contributed by atoms with Gasteiger partial charge in [-0.3, -0.25) is 0 Å². The average Bonchev–Trinajstić information content (AvgIpc) is 3.23. The van der Waals surface area contributed by atoms with E-state index in [0.29, 0.717) is 12.1 Å². The van der Waals surface area contributed by atoms with E-state index in [2.05, 4.69) is 12.2 Å². The molecule has 0 aromatic heterocycles. The Hall–Kier alpha value is -0.730. The highest BCUT2D eigenvalue weighted by Gasteiger charge is 2.23. The highest BCUT2D eigenvalue weighted by molar-refractivity contribution is 6.30. The standard InChI is InChI=1S/C17H24ClNO/c1-12-3-2-4-16(9-12)20-17-8-5-14(18)10-13(17)11-19-15-6-7-15/h5,8,10,12,15-16,19H,2-4,6-7,9,11H2,1H3. The number of hydrogen-bond acceptors (Lipinski definition) is 2. The van der Waals surface area contributed by atoms with E-state index >= 15 is 0 Å². The van der Waals surface area contributed by atoms with Gasteiger partial charge >= 0.3 is 0 Å². The number of halogens is 1. The zero-order valence-corrected chi connectivity index (χ0v) is 13.0. The first-order chi connectivity index (χ1) is 9.70. The average molecular weight is 294 g/mol. The topological polar surface area (TPSA) is 21.3 Å². The van der Waals surface area contributed by atoms with Crippen LogP contribution in [0.15, 0.2) is 18.2 Å².